The van der Waals surface area contributed by atoms with E-state index in [4.69, 9.17) is 16.3 Å². The Balaban J connectivity index is 1.50. The third-order valence-corrected chi connectivity index (χ3v) is 5.60. The van der Waals surface area contributed by atoms with Gasteiger partial charge >= 0.3 is 0 Å². The number of rotatable bonds is 9. The topological polar surface area (TPSA) is 98.1 Å². The number of methoxy groups -OCH3 is 1. The maximum absolute atomic E-state index is 12.3. The van der Waals surface area contributed by atoms with Crippen LogP contribution < -0.4 is 15.4 Å². The van der Waals surface area contributed by atoms with Crippen LogP contribution in [0.5, 0.6) is 5.75 Å². The summed E-state index contributed by atoms with van der Waals surface area (Å²) in [4.78, 5) is 24.4. The molecule has 0 atom stereocenters. The first-order valence-corrected chi connectivity index (χ1v) is 10.8. The minimum absolute atomic E-state index is 0.0988. The highest BCUT2D eigenvalue weighted by molar-refractivity contribution is 7.99. The van der Waals surface area contributed by atoms with Crippen molar-refractivity contribution in [2.45, 2.75) is 18.1 Å². The van der Waals surface area contributed by atoms with E-state index in [9.17, 15) is 9.59 Å². The Bertz CT molecular complexity index is 1060. The number of hydrogen-bond acceptors (Lipinski definition) is 6. The summed E-state index contributed by atoms with van der Waals surface area (Å²) in [6.07, 6.45) is 0.299. The first-order chi connectivity index (χ1) is 15.0. The van der Waals surface area contributed by atoms with Crippen LogP contribution in [-0.2, 0) is 29.6 Å². The smallest absolute Gasteiger partial charge is 0.234 e. The maximum atomic E-state index is 12.3. The zero-order chi connectivity index (χ0) is 22.2. The van der Waals surface area contributed by atoms with Gasteiger partial charge in [0.25, 0.3) is 0 Å². The highest BCUT2D eigenvalue weighted by Gasteiger charge is 2.14. The van der Waals surface area contributed by atoms with E-state index < -0.39 is 0 Å². The van der Waals surface area contributed by atoms with Gasteiger partial charge in [-0.1, -0.05) is 53.7 Å². The molecule has 0 saturated heterocycles. The van der Waals surface area contributed by atoms with Crippen LogP contribution in [0, 0.1) is 0 Å². The van der Waals surface area contributed by atoms with E-state index >= 15 is 0 Å². The van der Waals surface area contributed by atoms with E-state index in [0.29, 0.717) is 33.9 Å². The van der Waals surface area contributed by atoms with Gasteiger partial charge in [0.2, 0.25) is 11.8 Å². The van der Waals surface area contributed by atoms with E-state index in [0.717, 1.165) is 5.56 Å². The lowest BCUT2D eigenvalue weighted by Gasteiger charge is -2.10. The molecule has 1 heterocycles. The summed E-state index contributed by atoms with van der Waals surface area (Å²) >= 11 is 7.23. The summed E-state index contributed by atoms with van der Waals surface area (Å²) in [6.45, 7) is 0.252. The molecule has 0 spiro atoms. The molecule has 10 heteroatoms. The first-order valence-electron chi connectivity index (χ1n) is 9.41. The van der Waals surface area contributed by atoms with Gasteiger partial charge in [-0.3, -0.25) is 9.59 Å². The summed E-state index contributed by atoms with van der Waals surface area (Å²) < 4.78 is 6.98. The Morgan fingerprint density at radius 3 is 2.65 bits per heavy atom. The normalized spacial score (nSPS) is 10.5. The lowest BCUT2D eigenvalue weighted by molar-refractivity contribution is -0.120. The van der Waals surface area contributed by atoms with Crippen molar-refractivity contribution >= 4 is 40.9 Å². The molecule has 162 valence electrons. The molecule has 0 aliphatic rings. The third-order valence-electron chi connectivity index (χ3n) is 4.34. The van der Waals surface area contributed by atoms with E-state index in [-0.39, 0.29) is 24.1 Å². The molecule has 0 unspecified atom stereocenters. The third kappa shape index (κ3) is 6.47. The molecule has 0 saturated carbocycles. The molecule has 0 fully saturated rings. The molecule has 3 aromatic rings. The van der Waals surface area contributed by atoms with Crippen LogP contribution in [0.4, 0.5) is 5.69 Å². The fraction of sp³-hybridized carbons (Fsp3) is 0.238. The van der Waals surface area contributed by atoms with Gasteiger partial charge in [0.1, 0.15) is 5.75 Å². The van der Waals surface area contributed by atoms with Gasteiger partial charge in [-0.15, -0.1) is 10.2 Å². The first kappa shape index (κ1) is 22.6. The average molecular weight is 460 g/mol. The number of thioether (sulfide) groups is 1. The van der Waals surface area contributed by atoms with Gasteiger partial charge in [0.05, 0.1) is 31.5 Å². The van der Waals surface area contributed by atoms with Gasteiger partial charge < -0.3 is 19.9 Å². The summed E-state index contributed by atoms with van der Waals surface area (Å²) in [5.74, 6) is 0.919. The number of nitrogens with one attached hydrogen (secondary N) is 2. The summed E-state index contributed by atoms with van der Waals surface area (Å²) in [6, 6.07) is 14.5. The molecular weight excluding hydrogens is 438 g/mol. The van der Waals surface area contributed by atoms with Crippen LogP contribution in [0.15, 0.2) is 53.7 Å². The number of benzene rings is 2. The zero-order valence-corrected chi connectivity index (χ0v) is 18.7. The molecule has 0 aliphatic heterocycles. The van der Waals surface area contributed by atoms with Gasteiger partial charge in [-0.2, -0.15) is 0 Å². The average Bonchev–Trinajstić information content (AvgIpc) is 3.11. The highest BCUT2D eigenvalue weighted by Crippen LogP contribution is 2.28. The maximum Gasteiger partial charge on any atom is 0.234 e. The van der Waals surface area contributed by atoms with Crippen molar-refractivity contribution in [1.29, 1.82) is 0 Å². The van der Waals surface area contributed by atoms with Gasteiger partial charge in [-0.25, -0.2) is 0 Å². The van der Waals surface area contributed by atoms with Crippen LogP contribution in [0.3, 0.4) is 0 Å². The Kier molecular flexibility index (Phi) is 7.91. The molecule has 2 amide bonds. The van der Waals surface area contributed by atoms with Gasteiger partial charge in [0.15, 0.2) is 11.0 Å². The van der Waals surface area contributed by atoms with Crippen LogP contribution in [0.1, 0.15) is 11.4 Å². The monoisotopic (exact) mass is 459 g/mol. The number of amides is 2. The van der Waals surface area contributed by atoms with Crippen molar-refractivity contribution in [3.05, 3.63) is 64.9 Å². The number of halogens is 1. The molecule has 1 aromatic heterocycles. The largest absolute Gasteiger partial charge is 0.495 e. The molecule has 31 heavy (non-hydrogen) atoms. The number of anilines is 1. The lowest BCUT2D eigenvalue weighted by atomic mass is 10.1. The van der Waals surface area contributed by atoms with Crippen molar-refractivity contribution in [3.8, 4) is 5.75 Å². The van der Waals surface area contributed by atoms with Crippen LogP contribution >= 0.6 is 23.4 Å². The van der Waals surface area contributed by atoms with Crippen LogP contribution in [0.2, 0.25) is 5.02 Å². The van der Waals surface area contributed by atoms with Gasteiger partial charge in [-0.05, 0) is 23.8 Å². The number of carbonyl (C=O) groups excluding carboxylic acids is 2. The van der Waals surface area contributed by atoms with E-state index in [1.165, 1.54) is 18.9 Å². The van der Waals surface area contributed by atoms with Gasteiger partial charge in [0, 0.05) is 12.1 Å². The fourth-order valence-electron chi connectivity index (χ4n) is 2.74. The molecular formula is C21H22ClN5O3S. The van der Waals surface area contributed by atoms with Crippen molar-refractivity contribution in [1.82, 2.24) is 20.1 Å². The Labute approximate surface area is 189 Å². The van der Waals surface area contributed by atoms with E-state index in [1.54, 1.807) is 29.8 Å². The summed E-state index contributed by atoms with van der Waals surface area (Å²) in [7, 11) is 3.31. The number of aromatic nitrogens is 3. The van der Waals surface area contributed by atoms with Crippen molar-refractivity contribution < 1.29 is 14.3 Å². The molecule has 8 nitrogen and oxygen atoms in total. The molecule has 2 N–H and O–H groups in total. The molecule has 0 bridgehead atoms. The van der Waals surface area contributed by atoms with Crippen molar-refractivity contribution in [3.63, 3.8) is 0 Å². The Morgan fingerprint density at radius 1 is 1.13 bits per heavy atom. The fourth-order valence-corrected chi connectivity index (χ4v) is 3.64. The number of ether oxygens (including phenoxy) is 1. The van der Waals surface area contributed by atoms with E-state index in [1.807, 2.05) is 30.3 Å². The quantitative estimate of drug-likeness (QED) is 0.477. The van der Waals surface area contributed by atoms with Crippen molar-refractivity contribution in [2.24, 2.45) is 7.05 Å². The molecule has 0 radical (unpaired) electrons. The number of hydrogen-bond donors (Lipinski definition) is 2. The second kappa shape index (κ2) is 10.8. The second-order valence-electron chi connectivity index (χ2n) is 6.58. The molecule has 3 rings (SSSR count). The standard InChI is InChI=1S/C21H22ClN5O3S/c1-27-18(12-23-19(28)10-14-6-4-3-5-7-14)25-26-21(27)31-13-20(29)24-16-11-15(22)8-9-17(16)30-2/h3-9,11H,10,12-13H2,1-2H3,(H,23,28)(H,24,29). The second-order valence-corrected chi connectivity index (χ2v) is 7.96. The van der Waals surface area contributed by atoms with Crippen molar-refractivity contribution in [2.75, 3.05) is 18.2 Å². The lowest BCUT2D eigenvalue weighted by Crippen LogP contribution is -2.26. The molecule has 2 aromatic carbocycles. The molecule has 0 aliphatic carbocycles. The minimum atomic E-state index is -0.230. The Hall–Kier alpha value is -3.04. The zero-order valence-electron chi connectivity index (χ0n) is 17.1. The minimum Gasteiger partial charge on any atom is -0.495 e. The van der Waals surface area contributed by atoms with Crippen LogP contribution in [-0.4, -0.2) is 39.4 Å². The summed E-state index contributed by atoms with van der Waals surface area (Å²) in [5.41, 5.74) is 1.44. The van der Waals surface area contributed by atoms with E-state index in [2.05, 4.69) is 20.8 Å². The summed E-state index contributed by atoms with van der Waals surface area (Å²) in [5, 5.41) is 14.9. The highest BCUT2D eigenvalue weighted by atomic mass is 35.5. The predicted octanol–water partition coefficient (Wildman–Crippen LogP) is 3.07. The Morgan fingerprint density at radius 2 is 1.90 bits per heavy atom. The SMILES string of the molecule is COc1ccc(Cl)cc1NC(=O)CSc1nnc(CNC(=O)Cc2ccccc2)n1C. The van der Waals surface area contributed by atoms with Crippen LogP contribution in [0.25, 0.3) is 0 Å². The number of nitrogens with zero attached hydrogens (tertiary/aromatic N) is 3. The predicted molar refractivity (Wildman–Crippen MR) is 120 cm³/mol. The number of carbonyl (C=O) groups is 2.